The molecule has 2 unspecified atom stereocenters. The van der Waals surface area contributed by atoms with E-state index in [-0.39, 0.29) is 0 Å². The minimum Gasteiger partial charge on any atom is -0.0879 e. The van der Waals surface area contributed by atoms with Gasteiger partial charge in [0, 0.05) is 0 Å². The molecule has 11 heavy (non-hydrogen) atoms. The number of hydrogen-bond donors (Lipinski definition) is 0. The van der Waals surface area contributed by atoms with E-state index in [2.05, 4.69) is 24.3 Å². The van der Waals surface area contributed by atoms with Gasteiger partial charge in [-0.2, -0.15) is 0 Å². The Morgan fingerprint density at radius 3 is 1.91 bits per heavy atom. The first-order valence-corrected chi connectivity index (χ1v) is 4.78. The number of allylic oxidation sites excluding steroid dienone is 4. The van der Waals surface area contributed by atoms with E-state index in [1.54, 1.807) is 0 Å². The largest absolute Gasteiger partial charge is 0.0879 e. The quantitative estimate of drug-likeness (QED) is 0.462. The van der Waals surface area contributed by atoms with Crippen molar-refractivity contribution in [2.45, 2.75) is 32.1 Å². The van der Waals surface area contributed by atoms with E-state index in [0.717, 1.165) is 11.8 Å². The lowest BCUT2D eigenvalue weighted by Crippen LogP contribution is -1.94. The molecule has 0 spiro atoms. The Labute approximate surface area is 69.0 Å². The third-order valence-corrected chi connectivity index (χ3v) is 2.85. The molecule has 0 amide bonds. The van der Waals surface area contributed by atoms with Crippen LogP contribution in [0.15, 0.2) is 24.3 Å². The molecule has 0 N–H and O–H groups in total. The predicted octanol–water partition coefficient (Wildman–Crippen LogP) is 3.31. The van der Waals surface area contributed by atoms with E-state index >= 15 is 0 Å². The fraction of sp³-hybridized carbons (Fsp3) is 0.636. The SMILES string of the molecule is C1=CC2C/C=C\CC1CCC2. The van der Waals surface area contributed by atoms with Crippen LogP contribution in [0, 0.1) is 11.8 Å². The van der Waals surface area contributed by atoms with Crippen molar-refractivity contribution in [3.05, 3.63) is 24.3 Å². The lowest BCUT2D eigenvalue weighted by molar-refractivity contribution is 0.532. The molecule has 2 bridgehead atoms. The Bertz CT molecular complexity index is 158. The minimum atomic E-state index is 0.858. The molecule has 0 fully saturated rings. The molecule has 0 aromatic rings. The van der Waals surface area contributed by atoms with E-state index in [0.29, 0.717) is 0 Å². The van der Waals surface area contributed by atoms with Gasteiger partial charge in [0.15, 0.2) is 0 Å². The van der Waals surface area contributed by atoms with Gasteiger partial charge in [-0.25, -0.2) is 0 Å². The van der Waals surface area contributed by atoms with E-state index < -0.39 is 0 Å². The molecule has 0 nitrogen and oxygen atoms in total. The van der Waals surface area contributed by atoms with Gasteiger partial charge in [-0.3, -0.25) is 0 Å². The van der Waals surface area contributed by atoms with Gasteiger partial charge in [-0.05, 0) is 37.5 Å². The van der Waals surface area contributed by atoms with Crippen molar-refractivity contribution in [3.63, 3.8) is 0 Å². The van der Waals surface area contributed by atoms with E-state index in [9.17, 15) is 0 Å². The summed E-state index contributed by atoms with van der Waals surface area (Å²) in [6, 6.07) is 0. The van der Waals surface area contributed by atoms with Crippen LogP contribution in [0.3, 0.4) is 0 Å². The highest BCUT2D eigenvalue weighted by Gasteiger charge is 2.13. The van der Waals surface area contributed by atoms with Crippen molar-refractivity contribution < 1.29 is 0 Å². The molecule has 2 atom stereocenters. The Morgan fingerprint density at radius 1 is 0.818 bits per heavy atom. The average molecular weight is 148 g/mol. The van der Waals surface area contributed by atoms with Crippen LogP contribution in [0.25, 0.3) is 0 Å². The van der Waals surface area contributed by atoms with Gasteiger partial charge in [-0.1, -0.05) is 30.7 Å². The van der Waals surface area contributed by atoms with Crippen LogP contribution in [0.1, 0.15) is 32.1 Å². The molecule has 0 aromatic heterocycles. The first kappa shape index (κ1) is 7.15. The van der Waals surface area contributed by atoms with Crippen LogP contribution >= 0.6 is 0 Å². The zero-order chi connectivity index (χ0) is 7.52. The fourth-order valence-electron chi connectivity index (χ4n) is 2.08. The van der Waals surface area contributed by atoms with E-state index in [4.69, 9.17) is 0 Å². The van der Waals surface area contributed by atoms with Crippen LogP contribution in [0.2, 0.25) is 0 Å². The summed E-state index contributed by atoms with van der Waals surface area (Å²) in [4.78, 5) is 0. The summed E-state index contributed by atoms with van der Waals surface area (Å²) in [5.41, 5.74) is 0. The maximum atomic E-state index is 2.45. The van der Waals surface area contributed by atoms with Crippen molar-refractivity contribution in [1.29, 1.82) is 0 Å². The van der Waals surface area contributed by atoms with Gasteiger partial charge in [0.1, 0.15) is 0 Å². The van der Waals surface area contributed by atoms with Gasteiger partial charge in [0.05, 0.1) is 0 Å². The molecular formula is C11H16. The summed E-state index contributed by atoms with van der Waals surface area (Å²) < 4.78 is 0. The number of fused-ring (bicyclic) bond motifs is 2. The third-order valence-electron chi connectivity index (χ3n) is 2.85. The molecule has 0 aromatic carbocycles. The van der Waals surface area contributed by atoms with Crippen molar-refractivity contribution in [3.8, 4) is 0 Å². The molecule has 2 rings (SSSR count). The second-order valence-electron chi connectivity index (χ2n) is 3.78. The smallest absolute Gasteiger partial charge is 0.0199 e. The van der Waals surface area contributed by atoms with Crippen molar-refractivity contribution in [2.75, 3.05) is 0 Å². The molecule has 2 aliphatic carbocycles. The molecule has 0 heterocycles. The second-order valence-corrected chi connectivity index (χ2v) is 3.78. The Kier molecular flexibility index (Phi) is 2.11. The lowest BCUT2D eigenvalue weighted by atomic mass is 9.98. The second kappa shape index (κ2) is 3.25. The topological polar surface area (TPSA) is 0 Å². The summed E-state index contributed by atoms with van der Waals surface area (Å²) in [6.45, 7) is 0. The summed E-state index contributed by atoms with van der Waals surface area (Å²) in [7, 11) is 0. The lowest BCUT2D eigenvalue weighted by Gasteiger charge is -2.08. The molecule has 0 radical (unpaired) electrons. The van der Waals surface area contributed by atoms with E-state index in [1.165, 1.54) is 32.1 Å². The molecule has 60 valence electrons. The summed E-state index contributed by atoms with van der Waals surface area (Å²) in [5.74, 6) is 1.72. The first-order valence-electron chi connectivity index (χ1n) is 4.78. The van der Waals surface area contributed by atoms with Crippen LogP contribution in [-0.2, 0) is 0 Å². The summed E-state index contributed by atoms with van der Waals surface area (Å²) in [6.07, 6.45) is 16.5. The Morgan fingerprint density at radius 2 is 1.36 bits per heavy atom. The molecular weight excluding hydrogens is 132 g/mol. The van der Waals surface area contributed by atoms with Gasteiger partial charge >= 0.3 is 0 Å². The summed E-state index contributed by atoms with van der Waals surface area (Å²) in [5, 5.41) is 0. The van der Waals surface area contributed by atoms with Gasteiger partial charge in [0.2, 0.25) is 0 Å². The Balaban J connectivity index is 2.13. The standard InChI is InChI=1S/C11H16/c1-2-5-11-7-3-6-10(4-1)8-9-11/h1-2,8-11H,3-7H2/b2-1-. The van der Waals surface area contributed by atoms with Crippen LogP contribution in [0.4, 0.5) is 0 Å². The van der Waals surface area contributed by atoms with Crippen LogP contribution in [-0.4, -0.2) is 0 Å². The van der Waals surface area contributed by atoms with Crippen molar-refractivity contribution >= 4 is 0 Å². The van der Waals surface area contributed by atoms with Crippen LogP contribution in [0.5, 0.6) is 0 Å². The molecule has 0 saturated heterocycles. The Hall–Kier alpha value is -0.520. The third kappa shape index (κ3) is 1.74. The predicted molar refractivity (Wildman–Crippen MR) is 48.3 cm³/mol. The molecule has 0 aliphatic heterocycles. The summed E-state index contributed by atoms with van der Waals surface area (Å²) >= 11 is 0. The highest BCUT2D eigenvalue weighted by atomic mass is 14.2. The van der Waals surface area contributed by atoms with Gasteiger partial charge in [-0.15, -0.1) is 0 Å². The maximum Gasteiger partial charge on any atom is -0.0199 e. The zero-order valence-corrected chi connectivity index (χ0v) is 7.00. The van der Waals surface area contributed by atoms with Crippen molar-refractivity contribution in [1.82, 2.24) is 0 Å². The van der Waals surface area contributed by atoms with Crippen LogP contribution < -0.4 is 0 Å². The normalized spacial score (nSPS) is 39.3. The van der Waals surface area contributed by atoms with Gasteiger partial charge < -0.3 is 0 Å². The monoisotopic (exact) mass is 148 g/mol. The van der Waals surface area contributed by atoms with Crippen molar-refractivity contribution in [2.24, 2.45) is 11.8 Å². The van der Waals surface area contributed by atoms with E-state index in [1.807, 2.05) is 0 Å². The molecule has 2 aliphatic rings. The highest BCUT2D eigenvalue weighted by Crippen LogP contribution is 2.27. The maximum absolute atomic E-state index is 2.45. The number of hydrogen-bond acceptors (Lipinski definition) is 0. The highest BCUT2D eigenvalue weighted by molar-refractivity contribution is 5.03. The number of rotatable bonds is 0. The minimum absolute atomic E-state index is 0.858. The fourth-order valence-corrected chi connectivity index (χ4v) is 2.08. The average Bonchev–Trinajstić information content (AvgIpc) is 2.11. The molecule has 0 heteroatoms. The zero-order valence-electron chi connectivity index (χ0n) is 7.00. The molecule has 0 saturated carbocycles. The van der Waals surface area contributed by atoms with Gasteiger partial charge in [0.25, 0.3) is 0 Å². The first-order chi connectivity index (χ1) is 5.45.